The minimum absolute atomic E-state index is 0.107. The molecule has 0 fully saturated rings. The zero-order valence-electron chi connectivity index (χ0n) is 62.8. The number of unbranched alkanes of at least 4 members (excludes halogenated alkanes) is 41. The first kappa shape index (κ1) is 94.1. The third-order valence-electron chi connectivity index (χ3n) is 18.6. The van der Waals surface area contributed by atoms with E-state index in [9.17, 15) is 43.2 Å². The van der Waals surface area contributed by atoms with Gasteiger partial charge in [-0.2, -0.15) is 0 Å². The number of rotatable bonds is 75. The second kappa shape index (κ2) is 67.5. The highest BCUT2D eigenvalue weighted by Gasteiger charge is 2.30. The van der Waals surface area contributed by atoms with E-state index in [1.54, 1.807) is 0 Å². The predicted molar refractivity (Wildman–Crippen MR) is 391 cm³/mol. The normalized spacial score (nSPS) is 14.6. The lowest BCUT2D eigenvalue weighted by atomic mass is 9.99. The van der Waals surface area contributed by atoms with Crippen LogP contribution < -0.4 is 0 Å². The summed E-state index contributed by atoms with van der Waals surface area (Å²) in [5, 5.41) is 10.6. The van der Waals surface area contributed by atoms with E-state index >= 15 is 0 Å². The van der Waals surface area contributed by atoms with Gasteiger partial charge in [-0.15, -0.1) is 0 Å². The zero-order valence-corrected chi connectivity index (χ0v) is 64.6. The number of carbonyl (C=O) groups excluding carboxylic acids is 4. The first-order valence-electron chi connectivity index (χ1n) is 39.9. The SMILES string of the molecule is CCCCCCCCCCCCCCCC(=O)O[C@H](COC(=O)CCCCCCCCCCC(C)CC)COP(=O)(O)OC[C@H](O)COP(=O)(O)OC[C@@H](COC(=O)CCCCCCCCCCCCC(C)C)OC(=O)CCCCCCCCCCCCCCCCC(C)CC. The highest BCUT2D eigenvalue weighted by molar-refractivity contribution is 7.47. The molecule has 19 heteroatoms. The fourth-order valence-electron chi connectivity index (χ4n) is 11.7. The Labute approximate surface area is 588 Å². The topological polar surface area (TPSA) is 237 Å². The number of aliphatic hydroxyl groups excluding tert-OH is 1. The van der Waals surface area contributed by atoms with Crippen molar-refractivity contribution in [1.82, 2.24) is 0 Å². The number of esters is 4. The Morgan fingerprint density at radius 2 is 0.531 bits per heavy atom. The maximum atomic E-state index is 13.1. The van der Waals surface area contributed by atoms with Crippen molar-refractivity contribution in [3.8, 4) is 0 Å². The van der Waals surface area contributed by atoms with Crippen molar-refractivity contribution in [1.29, 1.82) is 0 Å². The molecular weight excluding hydrogens is 1260 g/mol. The molecule has 0 heterocycles. The molecule has 17 nitrogen and oxygen atoms in total. The Kier molecular flexibility index (Phi) is 66.2. The molecule has 0 aliphatic carbocycles. The lowest BCUT2D eigenvalue weighted by Gasteiger charge is -2.21. The van der Waals surface area contributed by atoms with Crippen LogP contribution in [0.4, 0.5) is 0 Å². The van der Waals surface area contributed by atoms with E-state index < -0.39 is 97.5 Å². The number of phosphoric acid groups is 2. The van der Waals surface area contributed by atoms with E-state index in [2.05, 4.69) is 48.5 Å². The number of aliphatic hydroxyl groups is 1. The molecule has 96 heavy (non-hydrogen) atoms. The summed E-state index contributed by atoms with van der Waals surface area (Å²) in [6.07, 6.45) is 53.9. The van der Waals surface area contributed by atoms with Gasteiger partial charge in [0.25, 0.3) is 0 Å². The lowest BCUT2D eigenvalue weighted by Crippen LogP contribution is -2.30. The van der Waals surface area contributed by atoms with Crippen molar-refractivity contribution in [2.75, 3.05) is 39.6 Å². The first-order chi connectivity index (χ1) is 46.3. The van der Waals surface area contributed by atoms with Gasteiger partial charge in [0.1, 0.15) is 19.3 Å². The van der Waals surface area contributed by atoms with Gasteiger partial charge >= 0.3 is 39.5 Å². The van der Waals surface area contributed by atoms with Gasteiger partial charge in [0.15, 0.2) is 12.2 Å². The third-order valence-corrected chi connectivity index (χ3v) is 20.5. The minimum atomic E-state index is -4.96. The Morgan fingerprint density at radius 3 is 0.792 bits per heavy atom. The van der Waals surface area contributed by atoms with Crippen LogP contribution in [0.15, 0.2) is 0 Å². The van der Waals surface area contributed by atoms with Crippen LogP contribution >= 0.6 is 15.6 Å². The van der Waals surface area contributed by atoms with Crippen molar-refractivity contribution >= 4 is 39.5 Å². The number of carbonyl (C=O) groups is 4. The highest BCUT2D eigenvalue weighted by atomic mass is 31.2. The Balaban J connectivity index is 5.26. The van der Waals surface area contributed by atoms with E-state index in [1.165, 1.54) is 205 Å². The number of ether oxygens (including phenoxy) is 4. The summed E-state index contributed by atoms with van der Waals surface area (Å²) < 4.78 is 68.6. The molecule has 0 spiro atoms. The van der Waals surface area contributed by atoms with E-state index in [1.807, 2.05) is 0 Å². The predicted octanol–water partition coefficient (Wildman–Crippen LogP) is 22.6. The number of phosphoric ester groups is 2. The maximum Gasteiger partial charge on any atom is 0.472 e. The fraction of sp³-hybridized carbons (Fsp3) is 0.948. The molecule has 0 aromatic carbocycles. The molecule has 0 aliphatic rings. The average molecular weight is 1410 g/mol. The monoisotopic (exact) mass is 1410 g/mol. The Hall–Kier alpha value is -1.94. The summed E-state index contributed by atoms with van der Waals surface area (Å²) in [6, 6.07) is 0. The van der Waals surface area contributed by atoms with Crippen LogP contribution in [0.25, 0.3) is 0 Å². The summed E-state index contributed by atoms with van der Waals surface area (Å²) in [7, 11) is -9.91. The van der Waals surface area contributed by atoms with Crippen molar-refractivity contribution < 1.29 is 80.2 Å². The van der Waals surface area contributed by atoms with Crippen molar-refractivity contribution in [2.24, 2.45) is 17.8 Å². The summed E-state index contributed by atoms with van der Waals surface area (Å²) in [5.41, 5.74) is 0. The third kappa shape index (κ3) is 67.9. The molecule has 0 aromatic rings. The van der Waals surface area contributed by atoms with Gasteiger partial charge < -0.3 is 33.8 Å². The van der Waals surface area contributed by atoms with Crippen LogP contribution in [0.1, 0.15) is 395 Å². The molecule has 7 atom stereocenters. The molecule has 0 radical (unpaired) electrons. The quantitative estimate of drug-likeness (QED) is 0.0222. The van der Waals surface area contributed by atoms with E-state index in [4.69, 9.17) is 37.0 Å². The van der Waals surface area contributed by atoms with Crippen LogP contribution in [0.3, 0.4) is 0 Å². The molecule has 0 aliphatic heterocycles. The van der Waals surface area contributed by atoms with Crippen molar-refractivity contribution in [3.05, 3.63) is 0 Å². The molecule has 0 saturated carbocycles. The van der Waals surface area contributed by atoms with Crippen LogP contribution in [-0.4, -0.2) is 96.7 Å². The number of hydrogen-bond donors (Lipinski definition) is 3. The molecular formula is C77H150O17P2. The molecule has 0 rings (SSSR count). The highest BCUT2D eigenvalue weighted by Crippen LogP contribution is 2.45. The van der Waals surface area contributed by atoms with Crippen LogP contribution in [0.5, 0.6) is 0 Å². The van der Waals surface area contributed by atoms with Gasteiger partial charge in [-0.3, -0.25) is 37.3 Å². The van der Waals surface area contributed by atoms with Gasteiger partial charge in [-0.25, -0.2) is 9.13 Å². The molecule has 4 unspecified atom stereocenters. The largest absolute Gasteiger partial charge is 0.472 e. The molecule has 0 aromatic heterocycles. The summed E-state index contributed by atoms with van der Waals surface area (Å²) in [4.78, 5) is 72.9. The summed E-state index contributed by atoms with van der Waals surface area (Å²) in [6.45, 7) is 12.0. The Morgan fingerprint density at radius 1 is 0.302 bits per heavy atom. The smallest absolute Gasteiger partial charge is 0.462 e. The van der Waals surface area contributed by atoms with Gasteiger partial charge in [0.05, 0.1) is 26.4 Å². The van der Waals surface area contributed by atoms with Gasteiger partial charge in [-0.1, -0.05) is 344 Å². The van der Waals surface area contributed by atoms with Crippen molar-refractivity contribution in [3.63, 3.8) is 0 Å². The molecule has 570 valence electrons. The first-order valence-corrected chi connectivity index (χ1v) is 42.9. The average Bonchev–Trinajstić information content (AvgIpc) is 1.13. The summed E-state index contributed by atoms with van der Waals surface area (Å²) >= 11 is 0. The molecule has 0 saturated heterocycles. The van der Waals surface area contributed by atoms with Crippen LogP contribution in [-0.2, 0) is 65.4 Å². The fourth-order valence-corrected chi connectivity index (χ4v) is 13.3. The van der Waals surface area contributed by atoms with Gasteiger partial charge in [-0.05, 0) is 43.4 Å². The van der Waals surface area contributed by atoms with Crippen molar-refractivity contribution in [2.45, 2.75) is 414 Å². The Bertz CT molecular complexity index is 1870. The lowest BCUT2D eigenvalue weighted by molar-refractivity contribution is -0.161. The minimum Gasteiger partial charge on any atom is -0.462 e. The standard InChI is InChI=1S/C77H150O17P2/c1-8-11-12-13-14-15-16-19-23-30-39-46-53-60-76(81)94-73(65-88-75(80)59-52-45-38-33-32-36-43-50-57-70(7)10-3)67-92-96(85,86)90-63-71(78)62-89-95(83,84)91-66-72(64-87-74(79)58-51-44-37-29-26-25-27-34-41-48-55-68(4)5)93-77(82)61-54-47-40-31-24-21-18-17-20-22-28-35-42-49-56-69(6)9-2/h68-73,78H,8-67H2,1-7H3,(H,83,84)(H,85,86)/t69?,70?,71-,72-,73-/m1/s1. The maximum absolute atomic E-state index is 13.1. The van der Waals surface area contributed by atoms with Crippen LogP contribution in [0, 0.1) is 17.8 Å². The molecule has 0 amide bonds. The second-order valence-electron chi connectivity index (χ2n) is 28.7. The molecule has 0 bridgehead atoms. The molecule has 3 N–H and O–H groups in total. The van der Waals surface area contributed by atoms with Gasteiger partial charge in [0.2, 0.25) is 0 Å². The number of hydrogen-bond acceptors (Lipinski definition) is 15. The van der Waals surface area contributed by atoms with E-state index in [-0.39, 0.29) is 25.7 Å². The summed E-state index contributed by atoms with van der Waals surface area (Å²) in [5.74, 6) is 0.267. The van der Waals surface area contributed by atoms with E-state index in [0.29, 0.717) is 25.7 Å². The second-order valence-corrected chi connectivity index (χ2v) is 31.6. The zero-order chi connectivity index (χ0) is 70.9. The van der Waals surface area contributed by atoms with Crippen LogP contribution in [0.2, 0.25) is 0 Å². The van der Waals surface area contributed by atoms with Gasteiger partial charge in [0, 0.05) is 25.7 Å². The van der Waals surface area contributed by atoms with E-state index in [0.717, 1.165) is 108 Å².